The third-order valence-electron chi connectivity index (χ3n) is 3.32. The zero-order chi connectivity index (χ0) is 13.8. The molecule has 2 atom stereocenters. The Bertz CT molecular complexity index is 385. The molecule has 8 heteroatoms. The highest BCUT2D eigenvalue weighted by Gasteiger charge is 2.31. The van der Waals surface area contributed by atoms with E-state index in [-0.39, 0.29) is 18.3 Å². The van der Waals surface area contributed by atoms with Crippen molar-refractivity contribution in [2.45, 2.75) is 19.4 Å². The minimum absolute atomic E-state index is 0.0755. The monoisotopic (exact) mass is 279 g/mol. The van der Waals surface area contributed by atoms with Crippen LogP contribution < -0.4 is 10.6 Å². The summed E-state index contributed by atoms with van der Waals surface area (Å²) >= 11 is 0. The van der Waals surface area contributed by atoms with Crippen LogP contribution in [0.3, 0.4) is 0 Å². The number of piperidine rings is 1. The number of carboxylic acid groups (broad SMARTS) is 1. The maximum absolute atomic E-state index is 12.0. The second kappa shape index (κ2) is 6.35. The van der Waals surface area contributed by atoms with Crippen LogP contribution in [0.15, 0.2) is 0 Å². The summed E-state index contributed by atoms with van der Waals surface area (Å²) in [7, 11) is -1.56. The van der Waals surface area contributed by atoms with E-state index >= 15 is 0 Å². The van der Waals surface area contributed by atoms with Gasteiger partial charge in [-0.3, -0.25) is 0 Å². The summed E-state index contributed by atoms with van der Waals surface area (Å²) in [5.74, 6) is 0.253. The molecule has 0 saturated carbocycles. The molecule has 3 N–H and O–H groups in total. The zero-order valence-electron chi connectivity index (χ0n) is 10.7. The molecule has 1 rings (SSSR count). The molecule has 106 valence electrons. The first-order valence-corrected chi connectivity index (χ1v) is 7.59. The number of nitrogens with one attached hydrogen (secondary N) is 2. The lowest BCUT2D eigenvalue weighted by Gasteiger charge is -2.36. The predicted octanol–water partition coefficient (Wildman–Crippen LogP) is -0.486. The van der Waals surface area contributed by atoms with Gasteiger partial charge >= 0.3 is 6.09 Å². The van der Waals surface area contributed by atoms with Gasteiger partial charge in [0.05, 0.1) is 5.75 Å². The fourth-order valence-corrected chi connectivity index (χ4v) is 3.47. The highest BCUT2D eigenvalue weighted by molar-refractivity contribution is 7.89. The molecule has 2 unspecified atom stereocenters. The first kappa shape index (κ1) is 15.2. The molecule has 0 aromatic heterocycles. The maximum Gasteiger partial charge on any atom is 0.404 e. The lowest BCUT2D eigenvalue weighted by molar-refractivity contribution is 0.195. The first-order chi connectivity index (χ1) is 8.36. The van der Waals surface area contributed by atoms with Crippen molar-refractivity contribution in [2.24, 2.45) is 5.92 Å². The minimum atomic E-state index is -3.38. The van der Waals surface area contributed by atoms with Gasteiger partial charge in [-0.25, -0.2) is 17.5 Å². The van der Waals surface area contributed by atoms with Crippen LogP contribution >= 0.6 is 0 Å². The molecule has 0 spiro atoms. The van der Waals surface area contributed by atoms with E-state index in [0.717, 1.165) is 6.42 Å². The van der Waals surface area contributed by atoms with Gasteiger partial charge < -0.3 is 15.7 Å². The van der Waals surface area contributed by atoms with Crippen LogP contribution in [0, 0.1) is 5.92 Å². The summed E-state index contributed by atoms with van der Waals surface area (Å²) in [6.07, 6.45) is -0.387. The van der Waals surface area contributed by atoms with Crippen molar-refractivity contribution in [1.82, 2.24) is 14.9 Å². The van der Waals surface area contributed by atoms with E-state index in [9.17, 15) is 13.2 Å². The van der Waals surface area contributed by atoms with Crippen molar-refractivity contribution in [3.05, 3.63) is 0 Å². The topological polar surface area (TPSA) is 98.7 Å². The largest absolute Gasteiger partial charge is 0.465 e. The number of nitrogens with zero attached hydrogens (tertiary/aromatic N) is 1. The van der Waals surface area contributed by atoms with E-state index in [1.165, 1.54) is 4.31 Å². The number of amides is 1. The Morgan fingerprint density at radius 1 is 1.50 bits per heavy atom. The molecule has 0 aromatic rings. The summed E-state index contributed by atoms with van der Waals surface area (Å²) in [5.41, 5.74) is 0. The van der Waals surface area contributed by atoms with Crippen molar-refractivity contribution in [1.29, 1.82) is 0 Å². The van der Waals surface area contributed by atoms with Gasteiger partial charge in [0.2, 0.25) is 10.0 Å². The van der Waals surface area contributed by atoms with E-state index in [1.807, 2.05) is 7.05 Å². The highest BCUT2D eigenvalue weighted by atomic mass is 32.2. The average Bonchev–Trinajstić information content (AvgIpc) is 2.28. The summed E-state index contributed by atoms with van der Waals surface area (Å²) in [6.45, 7) is 2.98. The molecule has 7 nitrogen and oxygen atoms in total. The smallest absolute Gasteiger partial charge is 0.404 e. The van der Waals surface area contributed by atoms with Crippen molar-refractivity contribution >= 4 is 16.1 Å². The van der Waals surface area contributed by atoms with Gasteiger partial charge in [-0.15, -0.1) is 0 Å². The lowest BCUT2D eigenvalue weighted by atomic mass is 9.95. The Hall–Kier alpha value is -0.860. The lowest BCUT2D eigenvalue weighted by Crippen LogP contribution is -2.52. The first-order valence-electron chi connectivity index (χ1n) is 5.98. The molecule has 18 heavy (non-hydrogen) atoms. The fraction of sp³-hybridized carbons (Fsp3) is 0.900. The number of carbonyl (C=O) groups is 1. The van der Waals surface area contributed by atoms with Crippen molar-refractivity contribution < 1.29 is 18.3 Å². The number of hydrogen-bond acceptors (Lipinski definition) is 4. The van der Waals surface area contributed by atoms with Crippen LogP contribution in [0.2, 0.25) is 0 Å². The molecule has 1 fully saturated rings. The summed E-state index contributed by atoms with van der Waals surface area (Å²) in [5, 5.41) is 13.6. The van der Waals surface area contributed by atoms with E-state index in [4.69, 9.17) is 5.11 Å². The molecule has 1 saturated heterocycles. The number of hydrogen-bond donors (Lipinski definition) is 3. The molecule has 0 bridgehead atoms. The predicted molar refractivity (Wildman–Crippen MR) is 68.0 cm³/mol. The van der Waals surface area contributed by atoms with Crippen LogP contribution in [-0.4, -0.2) is 62.4 Å². The van der Waals surface area contributed by atoms with E-state index in [2.05, 4.69) is 17.6 Å². The van der Waals surface area contributed by atoms with Crippen LogP contribution in [-0.2, 0) is 10.0 Å². The summed E-state index contributed by atoms with van der Waals surface area (Å²) < 4.78 is 25.4. The summed E-state index contributed by atoms with van der Waals surface area (Å²) in [4.78, 5) is 10.3. The van der Waals surface area contributed by atoms with Gasteiger partial charge in [-0.05, 0) is 19.4 Å². The fourth-order valence-electron chi connectivity index (χ4n) is 2.08. The molecule has 1 aliphatic rings. The van der Waals surface area contributed by atoms with Crippen LogP contribution in [0.4, 0.5) is 4.79 Å². The normalized spacial score (nSPS) is 25.9. The molecule has 0 radical (unpaired) electrons. The molecular formula is C10H21N3O4S. The Morgan fingerprint density at radius 2 is 2.17 bits per heavy atom. The maximum atomic E-state index is 12.0. The SMILES string of the molecule is CNC1CN(S(=O)(=O)CCNC(=O)O)CCC1C. The van der Waals surface area contributed by atoms with E-state index in [0.29, 0.717) is 19.0 Å². The van der Waals surface area contributed by atoms with Gasteiger partial charge in [0.1, 0.15) is 0 Å². The standard InChI is InChI=1S/C10H21N3O4S/c1-8-3-5-13(7-9(8)11-2)18(16,17)6-4-12-10(14)15/h8-9,11-12H,3-7H2,1-2H3,(H,14,15). The quantitative estimate of drug-likeness (QED) is 0.631. The zero-order valence-corrected chi connectivity index (χ0v) is 11.5. The Balaban J connectivity index is 2.54. The molecule has 0 aromatic carbocycles. The van der Waals surface area contributed by atoms with Gasteiger partial charge in [0, 0.05) is 25.7 Å². The number of likely N-dealkylation sites (N-methyl/N-ethyl adjacent to an activating group) is 1. The van der Waals surface area contributed by atoms with Crippen LogP contribution in [0.5, 0.6) is 0 Å². The number of sulfonamides is 1. The van der Waals surface area contributed by atoms with Crippen molar-refractivity contribution in [2.75, 3.05) is 32.4 Å². The van der Waals surface area contributed by atoms with Gasteiger partial charge in [-0.2, -0.15) is 0 Å². The highest BCUT2D eigenvalue weighted by Crippen LogP contribution is 2.19. The van der Waals surface area contributed by atoms with Crippen LogP contribution in [0.25, 0.3) is 0 Å². The second-order valence-corrected chi connectivity index (χ2v) is 6.66. The Labute approximate surface area is 108 Å². The number of rotatable bonds is 5. The second-order valence-electron chi connectivity index (χ2n) is 4.57. The van der Waals surface area contributed by atoms with Crippen molar-refractivity contribution in [3.8, 4) is 0 Å². The Morgan fingerprint density at radius 3 is 2.72 bits per heavy atom. The molecule has 1 heterocycles. The van der Waals surface area contributed by atoms with E-state index in [1.54, 1.807) is 0 Å². The van der Waals surface area contributed by atoms with E-state index < -0.39 is 16.1 Å². The van der Waals surface area contributed by atoms with Gasteiger partial charge in [0.15, 0.2) is 0 Å². The summed E-state index contributed by atoms with van der Waals surface area (Å²) in [6, 6.07) is 0.154. The Kier molecular flexibility index (Phi) is 5.36. The van der Waals surface area contributed by atoms with Crippen molar-refractivity contribution in [3.63, 3.8) is 0 Å². The average molecular weight is 279 g/mol. The third-order valence-corrected chi connectivity index (χ3v) is 5.16. The third kappa shape index (κ3) is 4.11. The van der Waals surface area contributed by atoms with Gasteiger partial charge in [-0.1, -0.05) is 6.92 Å². The molecule has 1 amide bonds. The minimum Gasteiger partial charge on any atom is -0.465 e. The van der Waals surface area contributed by atoms with Crippen LogP contribution in [0.1, 0.15) is 13.3 Å². The molecular weight excluding hydrogens is 258 g/mol. The molecule has 0 aliphatic carbocycles. The molecule has 1 aliphatic heterocycles. The van der Waals surface area contributed by atoms with Gasteiger partial charge in [0.25, 0.3) is 0 Å².